The lowest BCUT2D eigenvalue weighted by Crippen LogP contribution is -2.42. The number of alkyl halides is 3. The highest BCUT2D eigenvalue weighted by molar-refractivity contribution is 6.30. The smallest absolute Gasteiger partial charge is 0.360 e. The number of carbonyl (C=O) groups excluding carboxylic acids is 2. The molecule has 12 heteroatoms. The maximum Gasteiger partial charge on any atom is 0.434 e. The summed E-state index contributed by atoms with van der Waals surface area (Å²) in [6, 6.07) is 7.35. The van der Waals surface area contributed by atoms with Gasteiger partial charge in [-0.2, -0.15) is 18.3 Å². The van der Waals surface area contributed by atoms with Crippen molar-refractivity contribution in [3.8, 4) is 5.69 Å². The van der Waals surface area contributed by atoms with E-state index in [1.54, 1.807) is 13.0 Å². The second-order valence-electron chi connectivity index (χ2n) is 7.67. The zero-order chi connectivity index (χ0) is 23.8. The van der Waals surface area contributed by atoms with Crippen LogP contribution in [0.15, 0.2) is 41.1 Å². The van der Waals surface area contributed by atoms with Crippen molar-refractivity contribution in [2.24, 2.45) is 5.92 Å². The summed E-state index contributed by atoms with van der Waals surface area (Å²) in [5.74, 6) is -0.632. The molecule has 2 amide bonds. The fourth-order valence-corrected chi connectivity index (χ4v) is 3.93. The zero-order valence-corrected chi connectivity index (χ0v) is 18.2. The number of benzene rings is 1. The average Bonchev–Trinajstić information content (AvgIpc) is 3.39. The van der Waals surface area contributed by atoms with Gasteiger partial charge in [0.15, 0.2) is 11.5 Å². The number of aromatic nitrogens is 3. The van der Waals surface area contributed by atoms with Crippen molar-refractivity contribution in [3.63, 3.8) is 0 Å². The van der Waals surface area contributed by atoms with Crippen molar-refractivity contribution in [1.82, 2.24) is 19.8 Å². The Hall–Kier alpha value is -3.34. The molecular weight excluding hydrogens is 463 g/mol. The fourth-order valence-electron chi connectivity index (χ4n) is 3.75. The first-order chi connectivity index (χ1) is 15.6. The minimum atomic E-state index is -4.82. The van der Waals surface area contributed by atoms with E-state index in [0.29, 0.717) is 29.1 Å². The number of hydrogen-bond acceptors (Lipinski definition) is 5. The molecule has 4 rings (SSSR count). The van der Waals surface area contributed by atoms with E-state index in [9.17, 15) is 22.8 Å². The van der Waals surface area contributed by atoms with E-state index in [-0.39, 0.29) is 29.7 Å². The Balaban J connectivity index is 1.49. The number of anilines is 1. The van der Waals surface area contributed by atoms with Crippen molar-refractivity contribution in [1.29, 1.82) is 0 Å². The van der Waals surface area contributed by atoms with Crippen molar-refractivity contribution < 1.29 is 27.3 Å². The van der Waals surface area contributed by atoms with Crippen LogP contribution in [-0.2, 0) is 11.0 Å². The second-order valence-corrected chi connectivity index (χ2v) is 8.11. The molecule has 1 N–H and O–H groups in total. The summed E-state index contributed by atoms with van der Waals surface area (Å²) >= 11 is 5.90. The molecule has 3 heterocycles. The SMILES string of the molecule is Cc1cc(NC(=O)C2CCN(C(=O)c3cnn(-c4cccc(Cl)c4)c3C(F)(F)F)CC2)no1. The molecule has 0 radical (unpaired) electrons. The molecule has 3 aromatic rings. The molecule has 8 nitrogen and oxygen atoms in total. The lowest BCUT2D eigenvalue weighted by atomic mass is 9.95. The van der Waals surface area contributed by atoms with Gasteiger partial charge < -0.3 is 14.7 Å². The number of likely N-dealkylation sites (tertiary alicyclic amines) is 1. The van der Waals surface area contributed by atoms with Crippen LogP contribution in [0.2, 0.25) is 5.02 Å². The van der Waals surface area contributed by atoms with E-state index in [1.807, 2.05) is 0 Å². The van der Waals surface area contributed by atoms with Crippen LogP contribution in [0.1, 0.15) is 34.7 Å². The number of halogens is 4. The summed E-state index contributed by atoms with van der Waals surface area (Å²) in [7, 11) is 0. The average molecular weight is 482 g/mol. The lowest BCUT2D eigenvalue weighted by Gasteiger charge is -2.31. The van der Waals surface area contributed by atoms with Crippen molar-refractivity contribution in [2.45, 2.75) is 25.9 Å². The molecule has 1 fully saturated rings. The van der Waals surface area contributed by atoms with Crippen LogP contribution in [0.4, 0.5) is 19.0 Å². The summed E-state index contributed by atoms with van der Waals surface area (Å²) in [6.45, 7) is 1.96. The van der Waals surface area contributed by atoms with Crippen LogP contribution >= 0.6 is 11.6 Å². The fraction of sp³-hybridized carbons (Fsp3) is 0.333. The van der Waals surface area contributed by atoms with Gasteiger partial charge in [-0.15, -0.1) is 0 Å². The summed E-state index contributed by atoms with van der Waals surface area (Å²) < 4.78 is 47.3. The molecule has 0 bridgehead atoms. The Labute approximate surface area is 191 Å². The minimum Gasteiger partial charge on any atom is -0.360 e. The van der Waals surface area contributed by atoms with Gasteiger partial charge in [0.05, 0.1) is 17.4 Å². The number of carbonyl (C=O) groups is 2. The van der Waals surface area contributed by atoms with Gasteiger partial charge in [-0.25, -0.2) is 4.68 Å². The van der Waals surface area contributed by atoms with Gasteiger partial charge in [-0.3, -0.25) is 9.59 Å². The first-order valence-corrected chi connectivity index (χ1v) is 10.5. The topological polar surface area (TPSA) is 93.3 Å². The van der Waals surface area contributed by atoms with E-state index in [1.165, 1.54) is 29.2 Å². The molecule has 0 atom stereocenters. The molecule has 174 valence electrons. The highest BCUT2D eigenvalue weighted by Gasteiger charge is 2.42. The maximum absolute atomic E-state index is 13.9. The van der Waals surface area contributed by atoms with E-state index >= 15 is 0 Å². The van der Waals surface area contributed by atoms with E-state index < -0.39 is 29.3 Å². The Morgan fingerprint density at radius 1 is 1.21 bits per heavy atom. The van der Waals surface area contributed by atoms with Gasteiger partial charge >= 0.3 is 6.18 Å². The number of hydrogen-bond donors (Lipinski definition) is 1. The van der Waals surface area contributed by atoms with E-state index in [0.717, 1.165) is 6.20 Å². The van der Waals surface area contributed by atoms with Crippen LogP contribution < -0.4 is 5.32 Å². The number of amides is 2. The van der Waals surface area contributed by atoms with E-state index in [2.05, 4.69) is 15.6 Å². The van der Waals surface area contributed by atoms with E-state index in [4.69, 9.17) is 16.1 Å². The van der Waals surface area contributed by atoms with Crippen LogP contribution in [0.3, 0.4) is 0 Å². The van der Waals surface area contributed by atoms with Gasteiger partial charge in [0.2, 0.25) is 5.91 Å². The van der Waals surface area contributed by atoms with Gasteiger partial charge in [-0.1, -0.05) is 22.8 Å². The van der Waals surface area contributed by atoms with Crippen LogP contribution in [0.25, 0.3) is 5.69 Å². The molecule has 1 aromatic carbocycles. The Morgan fingerprint density at radius 2 is 1.94 bits per heavy atom. The molecule has 0 saturated carbocycles. The first kappa shape index (κ1) is 22.8. The third-order valence-electron chi connectivity index (χ3n) is 5.35. The Bertz CT molecular complexity index is 1180. The van der Waals surface area contributed by atoms with Crippen LogP contribution in [-0.4, -0.2) is 44.7 Å². The van der Waals surface area contributed by atoms with Crippen LogP contribution in [0, 0.1) is 12.8 Å². The van der Waals surface area contributed by atoms with Gasteiger partial charge in [0.25, 0.3) is 5.91 Å². The third-order valence-corrected chi connectivity index (χ3v) is 5.59. The predicted octanol–water partition coefficient (Wildman–Crippen LogP) is 4.33. The van der Waals surface area contributed by atoms with Gasteiger partial charge in [-0.05, 0) is 38.0 Å². The monoisotopic (exact) mass is 481 g/mol. The summed E-state index contributed by atoms with van der Waals surface area (Å²) in [5, 5.41) is 10.4. The molecule has 2 aromatic heterocycles. The summed E-state index contributed by atoms with van der Waals surface area (Å²) in [5.41, 5.74) is -1.63. The number of aryl methyl sites for hydroxylation is 1. The largest absolute Gasteiger partial charge is 0.434 e. The molecule has 0 spiro atoms. The number of rotatable bonds is 4. The van der Waals surface area contributed by atoms with Crippen molar-refractivity contribution in [2.75, 3.05) is 18.4 Å². The van der Waals surface area contributed by atoms with Crippen molar-refractivity contribution in [3.05, 3.63) is 58.6 Å². The molecule has 33 heavy (non-hydrogen) atoms. The second kappa shape index (κ2) is 8.89. The van der Waals surface area contributed by atoms with Gasteiger partial charge in [0.1, 0.15) is 5.76 Å². The first-order valence-electron chi connectivity index (χ1n) is 10.1. The zero-order valence-electron chi connectivity index (χ0n) is 17.4. The third kappa shape index (κ3) is 4.87. The molecular formula is C21H19ClF3N5O3. The molecule has 0 unspecified atom stereocenters. The molecule has 1 aliphatic rings. The predicted molar refractivity (Wildman–Crippen MR) is 112 cm³/mol. The molecule has 0 aliphatic carbocycles. The van der Waals surface area contributed by atoms with Crippen LogP contribution in [0.5, 0.6) is 0 Å². The maximum atomic E-state index is 13.9. The number of nitrogens with zero attached hydrogens (tertiary/aromatic N) is 4. The van der Waals surface area contributed by atoms with Crippen molar-refractivity contribution >= 4 is 29.2 Å². The highest BCUT2D eigenvalue weighted by Crippen LogP contribution is 2.35. The minimum absolute atomic E-state index is 0.0901. The number of piperidine rings is 1. The normalized spacial score (nSPS) is 15.0. The summed E-state index contributed by atoms with van der Waals surface area (Å²) in [4.78, 5) is 26.7. The highest BCUT2D eigenvalue weighted by atomic mass is 35.5. The Kier molecular flexibility index (Phi) is 6.15. The molecule has 1 aliphatic heterocycles. The lowest BCUT2D eigenvalue weighted by molar-refractivity contribution is -0.143. The standard InChI is InChI=1S/C21H19ClF3N5O3/c1-12-9-17(28-33-12)27-19(31)13-5-7-29(8-6-13)20(32)16-11-26-30(18(16)21(23,24)25)15-4-2-3-14(22)10-15/h2-4,9-11,13H,5-8H2,1H3,(H,27,28,31). The molecule has 1 saturated heterocycles. The quantitative estimate of drug-likeness (QED) is 0.598. The number of nitrogens with one attached hydrogen (secondary N) is 1. The Morgan fingerprint density at radius 3 is 2.55 bits per heavy atom. The van der Waals surface area contributed by atoms with Gasteiger partial charge in [0, 0.05) is 30.1 Å². The summed E-state index contributed by atoms with van der Waals surface area (Å²) in [6.07, 6.45) is -3.30.